The maximum atomic E-state index is 12.0. The van der Waals surface area contributed by atoms with E-state index >= 15 is 0 Å². The molecule has 3 rings (SSSR count). The summed E-state index contributed by atoms with van der Waals surface area (Å²) in [7, 11) is 0. The molecule has 0 aliphatic heterocycles. The number of aromatic amines is 1. The third-order valence-electron chi connectivity index (χ3n) is 3.22. The van der Waals surface area contributed by atoms with Crippen LogP contribution in [0.4, 0.5) is 0 Å². The number of thioether (sulfide) groups is 1. The van der Waals surface area contributed by atoms with E-state index in [0.29, 0.717) is 27.5 Å². The molecule has 25 heavy (non-hydrogen) atoms. The van der Waals surface area contributed by atoms with Crippen molar-refractivity contribution in [3.05, 3.63) is 55.5 Å². The fourth-order valence-electron chi connectivity index (χ4n) is 2.13. The van der Waals surface area contributed by atoms with Gasteiger partial charge >= 0.3 is 5.97 Å². The first-order chi connectivity index (χ1) is 12.0. The minimum Gasteiger partial charge on any atom is -0.457 e. The fraction of sp³-hybridized carbons (Fsp3) is 0.250. The Hall–Kier alpha value is -1.90. The van der Waals surface area contributed by atoms with Crippen molar-refractivity contribution in [1.29, 1.82) is 0 Å². The number of halogens is 1. The van der Waals surface area contributed by atoms with Crippen LogP contribution < -0.4 is 5.56 Å². The predicted molar refractivity (Wildman–Crippen MR) is 100 cm³/mol. The minimum atomic E-state index is -0.365. The van der Waals surface area contributed by atoms with Gasteiger partial charge in [0.1, 0.15) is 12.4 Å². The number of nitrogens with zero attached hydrogens (tertiary/aromatic N) is 2. The van der Waals surface area contributed by atoms with Crippen LogP contribution >= 0.6 is 34.7 Å². The van der Waals surface area contributed by atoms with E-state index in [1.165, 1.54) is 11.8 Å². The van der Waals surface area contributed by atoms with Gasteiger partial charge in [-0.05, 0) is 25.1 Å². The Labute approximate surface area is 156 Å². The first kappa shape index (κ1) is 17.9. The van der Waals surface area contributed by atoms with Crippen LogP contribution in [0, 0.1) is 6.92 Å². The number of esters is 1. The molecule has 2 heterocycles. The molecule has 0 atom stereocenters. The summed E-state index contributed by atoms with van der Waals surface area (Å²) in [5.74, 6) is 0.805. The van der Waals surface area contributed by atoms with Crippen LogP contribution in [-0.2, 0) is 21.9 Å². The molecule has 0 spiro atoms. The van der Waals surface area contributed by atoms with Gasteiger partial charge in [0, 0.05) is 16.2 Å². The molecule has 0 fully saturated rings. The van der Waals surface area contributed by atoms with Gasteiger partial charge in [-0.2, -0.15) is 0 Å². The zero-order chi connectivity index (χ0) is 17.8. The predicted octanol–water partition coefficient (Wildman–Crippen LogP) is 3.32. The van der Waals surface area contributed by atoms with E-state index in [1.807, 2.05) is 12.3 Å². The Morgan fingerprint density at radius 3 is 3.00 bits per heavy atom. The lowest BCUT2D eigenvalue weighted by Gasteiger charge is -2.05. The highest BCUT2D eigenvalue weighted by Gasteiger charge is 2.09. The molecule has 0 aliphatic carbocycles. The highest BCUT2D eigenvalue weighted by atomic mass is 35.5. The highest BCUT2D eigenvalue weighted by molar-refractivity contribution is 7.99. The van der Waals surface area contributed by atoms with Crippen LogP contribution in [0.25, 0.3) is 10.9 Å². The van der Waals surface area contributed by atoms with E-state index in [2.05, 4.69) is 15.0 Å². The summed E-state index contributed by atoms with van der Waals surface area (Å²) in [4.78, 5) is 35.0. The number of rotatable bonds is 6. The molecule has 0 saturated heterocycles. The number of thiazole rings is 1. The molecule has 130 valence electrons. The van der Waals surface area contributed by atoms with Crippen molar-refractivity contribution >= 4 is 51.6 Å². The quantitative estimate of drug-likeness (QED) is 0.644. The lowest BCUT2D eigenvalue weighted by molar-refractivity contribution is -0.141. The molecule has 1 aromatic carbocycles. The molecule has 3 aromatic rings. The number of H-pyrrole nitrogens is 1. The average Bonchev–Trinajstić information content (AvgIpc) is 2.99. The van der Waals surface area contributed by atoms with E-state index in [0.717, 1.165) is 10.7 Å². The summed E-state index contributed by atoms with van der Waals surface area (Å²) >= 11 is 8.89. The van der Waals surface area contributed by atoms with Crippen LogP contribution in [-0.4, -0.2) is 26.7 Å². The summed E-state index contributed by atoms with van der Waals surface area (Å²) in [5, 5.41) is 3.85. The van der Waals surface area contributed by atoms with Crippen molar-refractivity contribution < 1.29 is 9.53 Å². The Bertz CT molecular complexity index is 971. The van der Waals surface area contributed by atoms with Gasteiger partial charge < -0.3 is 9.72 Å². The fourth-order valence-corrected chi connectivity index (χ4v) is 3.73. The molecule has 0 unspecified atom stereocenters. The Balaban J connectivity index is 1.54. The number of ether oxygens (including phenoxy) is 1. The molecule has 0 saturated carbocycles. The second-order valence-electron chi connectivity index (χ2n) is 5.19. The van der Waals surface area contributed by atoms with Gasteiger partial charge in [-0.1, -0.05) is 11.6 Å². The molecule has 6 nitrogen and oxygen atoms in total. The van der Waals surface area contributed by atoms with Crippen molar-refractivity contribution in [3.63, 3.8) is 0 Å². The second kappa shape index (κ2) is 7.99. The SMILES string of the molecule is Cc1nc(CSCC(=O)OCc2nc3ccc(Cl)cc3c(=O)[nH]2)cs1. The first-order valence-corrected chi connectivity index (χ1v) is 9.75. The zero-order valence-electron chi connectivity index (χ0n) is 13.2. The normalized spacial score (nSPS) is 11.0. The van der Waals surface area contributed by atoms with Gasteiger partial charge in [-0.3, -0.25) is 9.59 Å². The smallest absolute Gasteiger partial charge is 0.316 e. The highest BCUT2D eigenvalue weighted by Crippen LogP contribution is 2.16. The van der Waals surface area contributed by atoms with E-state index < -0.39 is 0 Å². The Morgan fingerprint density at radius 1 is 1.40 bits per heavy atom. The van der Waals surface area contributed by atoms with Crippen molar-refractivity contribution in [2.75, 3.05) is 5.75 Å². The van der Waals surface area contributed by atoms with Gasteiger partial charge in [0.05, 0.1) is 27.4 Å². The van der Waals surface area contributed by atoms with Gasteiger partial charge in [-0.25, -0.2) is 9.97 Å². The number of aryl methyl sites for hydroxylation is 1. The largest absolute Gasteiger partial charge is 0.457 e. The number of hydrogen-bond acceptors (Lipinski definition) is 7. The average molecular weight is 396 g/mol. The number of benzene rings is 1. The monoisotopic (exact) mass is 395 g/mol. The maximum Gasteiger partial charge on any atom is 0.316 e. The summed E-state index contributed by atoms with van der Waals surface area (Å²) in [5.41, 5.74) is 1.15. The number of hydrogen-bond donors (Lipinski definition) is 1. The molecular weight excluding hydrogens is 382 g/mol. The van der Waals surface area contributed by atoms with Crippen molar-refractivity contribution in [3.8, 4) is 0 Å². The molecule has 0 amide bonds. The molecule has 9 heteroatoms. The van der Waals surface area contributed by atoms with Gasteiger partial charge in [0.25, 0.3) is 5.56 Å². The Morgan fingerprint density at radius 2 is 2.24 bits per heavy atom. The number of fused-ring (bicyclic) bond motifs is 1. The van der Waals surface area contributed by atoms with Crippen LogP contribution in [0.2, 0.25) is 5.02 Å². The summed E-state index contributed by atoms with van der Waals surface area (Å²) in [6, 6.07) is 4.86. The summed E-state index contributed by atoms with van der Waals surface area (Å²) in [6.07, 6.45) is 0. The first-order valence-electron chi connectivity index (χ1n) is 7.34. The molecule has 0 radical (unpaired) electrons. The van der Waals surface area contributed by atoms with Crippen LogP contribution in [0.5, 0.6) is 0 Å². The topological polar surface area (TPSA) is 84.9 Å². The van der Waals surface area contributed by atoms with Crippen molar-refractivity contribution in [2.45, 2.75) is 19.3 Å². The maximum absolute atomic E-state index is 12.0. The van der Waals surface area contributed by atoms with Crippen LogP contribution in [0.3, 0.4) is 0 Å². The van der Waals surface area contributed by atoms with Crippen molar-refractivity contribution in [1.82, 2.24) is 15.0 Å². The molecule has 0 aliphatic rings. The minimum absolute atomic E-state index is 0.0803. The van der Waals surface area contributed by atoms with Gasteiger partial charge in [0.15, 0.2) is 0 Å². The summed E-state index contributed by atoms with van der Waals surface area (Å²) < 4.78 is 5.16. The van der Waals surface area contributed by atoms with Crippen molar-refractivity contribution in [2.24, 2.45) is 0 Å². The van der Waals surface area contributed by atoms with Gasteiger partial charge in [0.2, 0.25) is 0 Å². The van der Waals surface area contributed by atoms with E-state index in [4.69, 9.17) is 16.3 Å². The summed E-state index contributed by atoms with van der Waals surface area (Å²) in [6.45, 7) is 1.86. The zero-order valence-corrected chi connectivity index (χ0v) is 15.6. The van der Waals surface area contributed by atoms with E-state index in [-0.39, 0.29) is 23.9 Å². The second-order valence-corrected chi connectivity index (χ2v) is 7.67. The number of aromatic nitrogens is 3. The van der Waals surface area contributed by atoms with Gasteiger partial charge in [-0.15, -0.1) is 23.1 Å². The lowest BCUT2D eigenvalue weighted by Crippen LogP contribution is -2.15. The standard InChI is InChI=1S/C16H14ClN3O3S2/c1-9-18-11(7-25-9)6-24-8-15(21)23-5-14-19-13-3-2-10(17)4-12(13)16(22)20-14/h2-4,7H,5-6,8H2,1H3,(H,19,20,22). The number of carbonyl (C=O) groups is 1. The molecule has 0 bridgehead atoms. The number of nitrogens with one attached hydrogen (secondary N) is 1. The molecule has 2 aromatic heterocycles. The Kier molecular flexibility index (Phi) is 5.72. The molecule has 1 N–H and O–H groups in total. The molecular formula is C16H14ClN3O3S2. The number of carbonyl (C=O) groups excluding carboxylic acids is 1. The van der Waals surface area contributed by atoms with Crippen LogP contribution in [0.15, 0.2) is 28.4 Å². The van der Waals surface area contributed by atoms with E-state index in [9.17, 15) is 9.59 Å². The lowest BCUT2D eigenvalue weighted by atomic mass is 10.2. The van der Waals surface area contributed by atoms with Crippen LogP contribution in [0.1, 0.15) is 16.5 Å². The third-order valence-corrected chi connectivity index (χ3v) is 5.22. The third kappa shape index (κ3) is 4.81. The van der Waals surface area contributed by atoms with E-state index in [1.54, 1.807) is 29.5 Å².